The van der Waals surface area contributed by atoms with Crippen molar-refractivity contribution in [3.8, 4) is 5.75 Å². The standard InChI is InChI=1S/C15H10F2N4O6/c16-15(17)27-13-5-4-12(21(25)26)7-10(13)8-18-19-14(22)9-2-1-3-11(6-9)20(23)24/h1-8,15H,(H,19,22)/b18-8-. The number of non-ortho nitro benzene ring substituents is 2. The van der Waals surface area contributed by atoms with Crippen LogP contribution in [0.5, 0.6) is 5.75 Å². The van der Waals surface area contributed by atoms with Gasteiger partial charge in [0.15, 0.2) is 0 Å². The minimum absolute atomic E-state index is 0.0653. The first-order valence-corrected chi connectivity index (χ1v) is 7.09. The van der Waals surface area contributed by atoms with Crippen molar-refractivity contribution in [3.63, 3.8) is 0 Å². The van der Waals surface area contributed by atoms with Crippen molar-refractivity contribution >= 4 is 23.5 Å². The van der Waals surface area contributed by atoms with Crippen molar-refractivity contribution < 1.29 is 28.2 Å². The third-order valence-electron chi connectivity index (χ3n) is 3.11. The molecule has 0 aliphatic rings. The molecule has 0 saturated carbocycles. The fourth-order valence-electron chi connectivity index (χ4n) is 1.94. The van der Waals surface area contributed by atoms with Gasteiger partial charge in [-0.15, -0.1) is 0 Å². The van der Waals surface area contributed by atoms with Gasteiger partial charge in [-0.05, 0) is 12.1 Å². The molecule has 0 atom stereocenters. The second-order valence-electron chi connectivity index (χ2n) is 4.86. The summed E-state index contributed by atoms with van der Waals surface area (Å²) in [5.41, 5.74) is 1.09. The van der Waals surface area contributed by atoms with Crippen LogP contribution in [-0.4, -0.2) is 28.6 Å². The van der Waals surface area contributed by atoms with Gasteiger partial charge >= 0.3 is 6.61 Å². The van der Waals surface area contributed by atoms with Crippen LogP contribution in [0.1, 0.15) is 15.9 Å². The van der Waals surface area contributed by atoms with Crippen LogP contribution >= 0.6 is 0 Å². The Balaban J connectivity index is 2.20. The van der Waals surface area contributed by atoms with Crippen LogP contribution < -0.4 is 10.2 Å². The van der Waals surface area contributed by atoms with Crippen LogP contribution in [0.15, 0.2) is 47.6 Å². The second kappa shape index (κ2) is 8.42. The largest absolute Gasteiger partial charge is 0.434 e. The molecule has 1 amide bonds. The molecule has 12 heteroatoms. The lowest BCUT2D eigenvalue weighted by Crippen LogP contribution is -2.17. The SMILES string of the molecule is O=C(N/N=C\c1cc([N+](=O)[O-])ccc1OC(F)F)c1cccc([N+](=O)[O-])c1. The molecule has 1 N–H and O–H groups in total. The highest BCUT2D eigenvalue weighted by atomic mass is 19.3. The van der Waals surface area contributed by atoms with Crippen molar-refractivity contribution in [3.05, 3.63) is 73.8 Å². The van der Waals surface area contributed by atoms with Gasteiger partial charge in [0, 0.05) is 35.4 Å². The monoisotopic (exact) mass is 380 g/mol. The van der Waals surface area contributed by atoms with Gasteiger partial charge in [-0.1, -0.05) is 6.07 Å². The summed E-state index contributed by atoms with van der Waals surface area (Å²) in [5.74, 6) is -1.19. The lowest BCUT2D eigenvalue weighted by molar-refractivity contribution is -0.385. The van der Waals surface area contributed by atoms with Gasteiger partial charge in [0.2, 0.25) is 0 Å². The van der Waals surface area contributed by atoms with E-state index in [0.717, 1.165) is 30.5 Å². The first kappa shape index (κ1) is 19.4. The van der Waals surface area contributed by atoms with E-state index >= 15 is 0 Å². The molecule has 0 fully saturated rings. The highest BCUT2D eigenvalue weighted by molar-refractivity contribution is 5.95. The molecule has 0 saturated heterocycles. The van der Waals surface area contributed by atoms with Crippen LogP contribution in [0.25, 0.3) is 0 Å². The van der Waals surface area contributed by atoms with E-state index < -0.39 is 28.1 Å². The number of nitro groups is 2. The third-order valence-corrected chi connectivity index (χ3v) is 3.11. The topological polar surface area (TPSA) is 137 Å². The molecule has 10 nitrogen and oxygen atoms in total. The predicted molar refractivity (Wildman–Crippen MR) is 87.9 cm³/mol. The summed E-state index contributed by atoms with van der Waals surface area (Å²) in [6.07, 6.45) is 0.875. The van der Waals surface area contributed by atoms with Gasteiger partial charge in [-0.2, -0.15) is 13.9 Å². The molecule has 0 unspecified atom stereocenters. The number of nitro benzene ring substituents is 2. The highest BCUT2D eigenvalue weighted by Crippen LogP contribution is 2.24. The number of rotatable bonds is 7. The summed E-state index contributed by atoms with van der Waals surface area (Å²) in [7, 11) is 0. The molecular formula is C15H10F2N4O6. The Morgan fingerprint density at radius 2 is 1.78 bits per heavy atom. The van der Waals surface area contributed by atoms with Crippen molar-refractivity contribution in [2.45, 2.75) is 6.61 Å². The molecule has 0 heterocycles. The molecule has 2 aromatic carbocycles. The zero-order valence-corrected chi connectivity index (χ0v) is 13.2. The summed E-state index contributed by atoms with van der Waals surface area (Å²) in [6.45, 7) is -3.17. The molecule has 2 rings (SSSR count). The first-order valence-electron chi connectivity index (χ1n) is 7.09. The number of amides is 1. The second-order valence-corrected chi connectivity index (χ2v) is 4.86. The average molecular weight is 380 g/mol. The van der Waals surface area contributed by atoms with E-state index in [-0.39, 0.29) is 22.6 Å². The van der Waals surface area contributed by atoms with Crippen LogP contribution in [0.4, 0.5) is 20.2 Å². The highest BCUT2D eigenvalue weighted by Gasteiger charge is 2.14. The molecule has 0 aliphatic heterocycles. The van der Waals surface area contributed by atoms with Crippen LogP contribution in [0.3, 0.4) is 0 Å². The Morgan fingerprint density at radius 3 is 2.41 bits per heavy atom. The maximum Gasteiger partial charge on any atom is 0.387 e. The molecule has 0 aromatic heterocycles. The molecular weight excluding hydrogens is 370 g/mol. The Kier molecular flexibility index (Phi) is 6.04. The van der Waals surface area contributed by atoms with Gasteiger partial charge in [0.05, 0.1) is 16.1 Å². The van der Waals surface area contributed by atoms with E-state index in [1.54, 1.807) is 0 Å². The minimum Gasteiger partial charge on any atom is -0.434 e. The summed E-state index contributed by atoms with van der Waals surface area (Å²) in [4.78, 5) is 32.0. The summed E-state index contributed by atoms with van der Waals surface area (Å²) in [5, 5.41) is 25.0. The number of hydrogen-bond acceptors (Lipinski definition) is 7. The van der Waals surface area contributed by atoms with E-state index in [4.69, 9.17) is 0 Å². The number of nitrogens with one attached hydrogen (secondary N) is 1. The van der Waals surface area contributed by atoms with E-state index in [0.29, 0.717) is 0 Å². The van der Waals surface area contributed by atoms with Crippen LogP contribution in [-0.2, 0) is 0 Å². The number of halogens is 2. The minimum atomic E-state index is -3.17. The zero-order chi connectivity index (χ0) is 20.0. The predicted octanol–water partition coefficient (Wildman–Crippen LogP) is 2.87. The Labute approximate surface area is 149 Å². The van der Waals surface area contributed by atoms with E-state index in [2.05, 4.69) is 9.84 Å². The lowest BCUT2D eigenvalue weighted by atomic mass is 10.2. The van der Waals surface area contributed by atoms with Gasteiger partial charge in [0.25, 0.3) is 17.3 Å². The number of alkyl halides is 2. The first-order chi connectivity index (χ1) is 12.8. The molecule has 0 spiro atoms. The normalized spacial score (nSPS) is 10.8. The summed E-state index contributed by atoms with van der Waals surface area (Å²) in [6, 6.07) is 7.68. The molecule has 27 heavy (non-hydrogen) atoms. The van der Waals surface area contributed by atoms with E-state index in [9.17, 15) is 33.8 Å². The number of hydrogen-bond donors (Lipinski definition) is 1. The quantitative estimate of drug-likeness (QED) is 0.445. The molecule has 0 radical (unpaired) electrons. The van der Waals surface area contributed by atoms with Crippen LogP contribution in [0, 0.1) is 20.2 Å². The smallest absolute Gasteiger partial charge is 0.387 e. The van der Waals surface area contributed by atoms with Crippen molar-refractivity contribution in [1.82, 2.24) is 5.43 Å². The maximum atomic E-state index is 12.4. The van der Waals surface area contributed by atoms with Crippen molar-refractivity contribution in [2.24, 2.45) is 5.10 Å². The van der Waals surface area contributed by atoms with Gasteiger partial charge < -0.3 is 4.74 Å². The number of carbonyl (C=O) groups is 1. The zero-order valence-electron chi connectivity index (χ0n) is 13.2. The van der Waals surface area contributed by atoms with Crippen molar-refractivity contribution in [1.29, 1.82) is 0 Å². The van der Waals surface area contributed by atoms with Crippen LogP contribution in [0.2, 0.25) is 0 Å². The van der Waals surface area contributed by atoms with Gasteiger partial charge in [0.1, 0.15) is 5.75 Å². The fourth-order valence-corrected chi connectivity index (χ4v) is 1.94. The Bertz CT molecular complexity index is 919. The van der Waals surface area contributed by atoms with Gasteiger partial charge in [-0.25, -0.2) is 5.43 Å². The van der Waals surface area contributed by atoms with Gasteiger partial charge in [-0.3, -0.25) is 25.0 Å². The lowest BCUT2D eigenvalue weighted by Gasteiger charge is -2.07. The third kappa shape index (κ3) is 5.26. The molecule has 2 aromatic rings. The number of ether oxygens (including phenoxy) is 1. The summed E-state index contributed by atoms with van der Waals surface area (Å²) >= 11 is 0. The van der Waals surface area contributed by atoms with E-state index in [1.165, 1.54) is 18.2 Å². The number of nitrogens with zero attached hydrogens (tertiary/aromatic N) is 3. The number of carbonyl (C=O) groups excluding carboxylic acids is 1. The molecule has 140 valence electrons. The summed E-state index contributed by atoms with van der Waals surface area (Å²) < 4.78 is 29.0. The maximum absolute atomic E-state index is 12.4. The van der Waals surface area contributed by atoms with E-state index in [1.807, 2.05) is 5.43 Å². The number of benzene rings is 2. The molecule has 0 aliphatic carbocycles. The Morgan fingerprint density at radius 1 is 1.11 bits per heavy atom. The fraction of sp³-hybridized carbons (Fsp3) is 0.0667. The molecule has 0 bridgehead atoms. The Hall–Kier alpha value is -3.96. The van der Waals surface area contributed by atoms with Crippen molar-refractivity contribution in [2.75, 3.05) is 0 Å². The number of hydrazone groups is 1. The average Bonchev–Trinajstić information content (AvgIpc) is 2.62.